The van der Waals surface area contributed by atoms with Crippen LogP contribution in [-0.4, -0.2) is 17.4 Å². The minimum absolute atomic E-state index is 0.309. The maximum absolute atomic E-state index is 11.9. The Morgan fingerprint density at radius 1 is 1.38 bits per heavy atom. The number of ether oxygens (including phenoxy) is 1. The largest absolute Gasteiger partial charge is 0.573 e. The second-order valence-corrected chi connectivity index (χ2v) is 2.79. The first-order valence-electron chi connectivity index (χ1n) is 4.13. The minimum Gasteiger partial charge on any atom is -0.478 e. The van der Waals surface area contributed by atoms with Gasteiger partial charge in [-0.15, -0.1) is 13.2 Å². The molecule has 0 aliphatic rings. The van der Waals surface area contributed by atoms with E-state index < -0.39 is 12.3 Å². The van der Waals surface area contributed by atoms with Crippen molar-refractivity contribution in [3.05, 3.63) is 35.9 Å². The Labute approximate surface area is 88.8 Å². The molecule has 0 fully saturated rings. The Bertz CT molecular complexity index is 410. The highest BCUT2D eigenvalue weighted by molar-refractivity contribution is 5.85. The van der Waals surface area contributed by atoms with Crippen molar-refractivity contribution in [2.24, 2.45) is 0 Å². The van der Waals surface area contributed by atoms with Gasteiger partial charge >= 0.3 is 12.3 Å². The van der Waals surface area contributed by atoms with Gasteiger partial charge in [-0.1, -0.05) is 12.1 Å². The van der Waals surface area contributed by atoms with Crippen LogP contribution in [0.5, 0.6) is 5.75 Å². The highest BCUT2D eigenvalue weighted by atomic mass is 19.4. The van der Waals surface area contributed by atoms with E-state index in [0.29, 0.717) is 5.56 Å². The maximum atomic E-state index is 11.9. The van der Waals surface area contributed by atoms with E-state index in [-0.39, 0.29) is 5.75 Å². The van der Waals surface area contributed by atoms with E-state index in [9.17, 15) is 18.0 Å². The molecule has 3 nitrogen and oxygen atoms in total. The lowest BCUT2D eigenvalue weighted by atomic mass is 10.2. The zero-order valence-corrected chi connectivity index (χ0v) is 7.86. The molecule has 0 amide bonds. The van der Waals surface area contributed by atoms with E-state index in [2.05, 4.69) is 4.74 Å². The van der Waals surface area contributed by atoms with Crippen LogP contribution in [0.1, 0.15) is 5.56 Å². The zero-order valence-electron chi connectivity index (χ0n) is 7.86. The van der Waals surface area contributed by atoms with E-state index in [4.69, 9.17) is 5.11 Å². The van der Waals surface area contributed by atoms with E-state index in [1.165, 1.54) is 18.2 Å². The molecular weight excluding hydrogens is 225 g/mol. The average molecular weight is 232 g/mol. The fraction of sp³-hybridized carbons (Fsp3) is 0.100. The predicted octanol–water partition coefficient (Wildman–Crippen LogP) is 2.68. The molecule has 86 valence electrons. The van der Waals surface area contributed by atoms with Gasteiger partial charge in [0.1, 0.15) is 5.75 Å². The number of halogens is 3. The molecule has 0 unspecified atom stereocenters. The number of rotatable bonds is 3. The normalized spacial score (nSPS) is 11.7. The molecule has 1 aromatic carbocycles. The van der Waals surface area contributed by atoms with Crippen molar-refractivity contribution in [2.75, 3.05) is 0 Å². The summed E-state index contributed by atoms with van der Waals surface area (Å²) < 4.78 is 39.2. The van der Waals surface area contributed by atoms with Crippen LogP contribution in [0, 0.1) is 0 Å². The molecule has 0 atom stereocenters. The van der Waals surface area contributed by atoms with Gasteiger partial charge in [0.15, 0.2) is 0 Å². The van der Waals surface area contributed by atoms with Gasteiger partial charge in [-0.2, -0.15) is 0 Å². The quantitative estimate of drug-likeness (QED) is 0.815. The van der Waals surface area contributed by atoms with Crippen LogP contribution in [-0.2, 0) is 4.79 Å². The van der Waals surface area contributed by atoms with E-state index in [0.717, 1.165) is 18.2 Å². The Hall–Kier alpha value is -1.98. The number of alkyl halides is 3. The lowest BCUT2D eigenvalue weighted by molar-refractivity contribution is -0.274. The molecule has 0 radical (unpaired) electrons. The van der Waals surface area contributed by atoms with Crippen LogP contribution in [0.15, 0.2) is 30.3 Å². The number of carbonyl (C=O) groups is 1. The Kier molecular flexibility index (Phi) is 3.55. The van der Waals surface area contributed by atoms with Gasteiger partial charge in [0.2, 0.25) is 0 Å². The molecule has 16 heavy (non-hydrogen) atoms. The number of carboxylic acid groups (broad SMARTS) is 1. The highest BCUT2D eigenvalue weighted by Crippen LogP contribution is 2.23. The van der Waals surface area contributed by atoms with Crippen molar-refractivity contribution >= 4 is 12.0 Å². The SMILES string of the molecule is O=C(O)C=Cc1cccc(OC(F)(F)F)c1. The van der Waals surface area contributed by atoms with Gasteiger partial charge in [0.25, 0.3) is 0 Å². The van der Waals surface area contributed by atoms with Crippen LogP contribution >= 0.6 is 0 Å². The second-order valence-electron chi connectivity index (χ2n) is 2.79. The molecule has 6 heteroatoms. The average Bonchev–Trinajstić information content (AvgIpc) is 2.12. The Morgan fingerprint density at radius 3 is 2.62 bits per heavy atom. The van der Waals surface area contributed by atoms with Crippen molar-refractivity contribution in [1.82, 2.24) is 0 Å². The lowest BCUT2D eigenvalue weighted by Crippen LogP contribution is -2.17. The van der Waals surface area contributed by atoms with Crippen LogP contribution in [0.25, 0.3) is 6.08 Å². The van der Waals surface area contributed by atoms with Crippen molar-refractivity contribution in [3.63, 3.8) is 0 Å². The van der Waals surface area contributed by atoms with Crippen LogP contribution < -0.4 is 4.74 Å². The van der Waals surface area contributed by atoms with E-state index >= 15 is 0 Å². The van der Waals surface area contributed by atoms with Gasteiger partial charge < -0.3 is 9.84 Å². The number of benzene rings is 1. The number of aliphatic carboxylic acids is 1. The van der Waals surface area contributed by atoms with Gasteiger partial charge in [0, 0.05) is 6.08 Å². The number of hydrogen-bond donors (Lipinski definition) is 1. The Morgan fingerprint density at radius 2 is 2.06 bits per heavy atom. The van der Waals surface area contributed by atoms with E-state index in [1.807, 2.05) is 0 Å². The summed E-state index contributed by atoms with van der Waals surface area (Å²) in [5.74, 6) is -1.57. The van der Waals surface area contributed by atoms with Crippen LogP contribution in [0.3, 0.4) is 0 Å². The molecule has 0 aliphatic carbocycles. The predicted molar refractivity (Wildman–Crippen MR) is 49.8 cm³/mol. The highest BCUT2D eigenvalue weighted by Gasteiger charge is 2.30. The van der Waals surface area contributed by atoms with Crippen LogP contribution in [0.2, 0.25) is 0 Å². The summed E-state index contributed by atoms with van der Waals surface area (Å²) in [7, 11) is 0. The minimum atomic E-state index is -4.75. The first kappa shape index (κ1) is 12.1. The first-order valence-corrected chi connectivity index (χ1v) is 4.13. The van der Waals surface area contributed by atoms with Crippen molar-refractivity contribution in [2.45, 2.75) is 6.36 Å². The third kappa shape index (κ3) is 4.50. The summed E-state index contributed by atoms with van der Waals surface area (Å²) in [6.07, 6.45) is -2.76. The van der Waals surface area contributed by atoms with Crippen molar-refractivity contribution in [3.8, 4) is 5.75 Å². The van der Waals surface area contributed by atoms with Gasteiger partial charge in [-0.25, -0.2) is 4.79 Å². The van der Waals surface area contributed by atoms with E-state index in [1.54, 1.807) is 0 Å². The molecule has 1 aromatic rings. The molecule has 0 bridgehead atoms. The molecule has 0 saturated carbocycles. The molecule has 0 aliphatic heterocycles. The third-order valence-corrected chi connectivity index (χ3v) is 1.51. The Balaban J connectivity index is 2.83. The molecule has 1 N–H and O–H groups in total. The second kappa shape index (κ2) is 4.69. The fourth-order valence-corrected chi connectivity index (χ4v) is 0.983. The molecule has 0 spiro atoms. The summed E-state index contributed by atoms with van der Waals surface area (Å²) in [6, 6.07) is 5.02. The summed E-state index contributed by atoms with van der Waals surface area (Å²) in [4.78, 5) is 10.2. The molecule has 1 rings (SSSR count). The fourth-order valence-electron chi connectivity index (χ4n) is 0.983. The van der Waals surface area contributed by atoms with Crippen LogP contribution in [0.4, 0.5) is 13.2 Å². The molecular formula is C10H7F3O3. The first-order chi connectivity index (χ1) is 7.37. The number of carboxylic acids is 1. The molecule has 0 heterocycles. The maximum Gasteiger partial charge on any atom is 0.573 e. The summed E-state index contributed by atoms with van der Waals surface area (Å²) in [6.45, 7) is 0. The van der Waals surface area contributed by atoms with Crippen molar-refractivity contribution < 1.29 is 27.8 Å². The number of hydrogen-bond acceptors (Lipinski definition) is 2. The van der Waals surface area contributed by atoms with Gasteiger partial charge in [0.05, 0.1) is 0 Å². The molecule has 0 saturated heterocycles. The van der Waals surface area contributed by atoms with Crippen molar-refractivity contribution in [1.29, 1.82) is 0 Å². The molecule has 0 aromatic heterocycles. The summed E-state index contributed by atoms with van der Waals surface area (Å²) in [5.41, 5.74) is 0.309. The monoisotopic (exact) mass is 232 g/mol. The smallest absolute Gasteiger partial charge is 0.478 e. The third-order valence-electron chi connectivity index (χ3n) is 1.51. The summed E-state index contributed by atoms with van der Waals surface area (Å²) >= 11 is 0. The topological polar surface area (TPSA) is 46.5 Å². The van der Waals surface area contributed by atoms with Gasteiger partial charge in [-0.3, -0.25) is 0 Å². The zero-order chi connectivity index (χ0) is 12.2. The lowest BCUT2D eigenvalue weighted by Gasteiger charge is -2.08. The summed E-state index contributed by atoms with van der Waals surface area (Å²) in [5, 5.41) is 8.33. The standard InChI is InChI=1S/C10H7F3O3/c11-10(12,13)16-8-3-1-2-7(6-8)4-5-9(14)15/h1-6H,(H,14,15). The van der Waals surface area contributed by atoms with Gasteiger partial charge in [-0.05, 0) is 23.8 Å².